The minimum Gasteiger partial charge on any atom is -0.394 e. The Bertz CT molecular complexity index is 774. The number of aliphatic hydroxyl groups is 8. The zero-order chi connectivity index (χ0) is 23.0. The molecule has 1 unspecified atom stereocenters. The topological polar surface area (TPSA) is 207 Å². The van der Waals surface area contributed by atoms with Crippen molar-refractivity contribution in [3.63, 3.8) is 0 Å². The van der Waals surface area contributed by atoms with Gasteiger partial charge in [0.1, 0.15) is 49.3 Å². The highest BCUT2D eigenvalue weighted by Gasteiger charge is 2.64. The van der Waals surface area contributed by atoms with Crippen molar-refractivity contribution in [3.05, 3.63) is 35.4 Å². The molecule has 8 N–H and O–H groups in total. The lowest BCUT2D eigenvalue weighted by molar-refractivity contribution is -0.442. The van der Waals surface area contributed by atoms with Crippen LogP contribution in [0.1, 0.15) is 15.9 Å². The Morgan fingerprint density at radius 1 is 0.871 bits per heavy atom. The minimum atomic E-state index is -2.56. The summed E-state index contributed by atoms with van der Waals surface area (Å²) in [6, 6.07) is 5.55. The van der Waals surface area contributed by atoms with E-state index in [0.717, 1.165) is 0 Å². The summed E-state index contributed by atoms with van der Waals surface area (Å²) in [5, 5.41) is 81.2. The number of aliphatic hydroxyl groups excluding tert-OH is 8. The molecule has 2 aliphatic rings. The molecule has 12 heteroatoms. The van der Waals surface area contributed by atoms with Gasteiger partial charge in [0, 0.05) is 11.1 Å². The molecule has 2 saturated heterocycles. The molecule has 2 aliphatic heterocycles. The van der Waals surface area contributed by atoms with Gasteiger partial charge in [-0.25, -0.2) is 0 Å². The number of benzene rings is 1. The van der Waals surface area contributed by atoms with Crippen LogP contribution in [0.25, 0.3) is 0 Å². The van der Waals surface area contributed by atoms with E-state index in [9.17, 15) is 45.6 Å². The highest BCUT2D eigenvalue weighted by molar-refractivity contribution is 5.77. The van der Waals surface area contributed by atoms with E-state index in [4.69, 9.17) is 14.2 Å². The third kappa shape index (κ3) is 3.79. The number of hydrogen-bond acceptors (Lipinski definition) is 12. The average molecular weight is 446 g/mol. The lowest BCUT2D eigenvalue weighted by atomic mass is 9.85. The summed E-state index contributed by atoms with van der Waals surface area (Å²) >= 11 is 0. The van der Waals surface area contributed by atoms with Gasteiger partial charge < -0.3 is 55.1 Å². The summed E-state index contributed by atoms with van der Waals surface area (Å²) in [4.78, 5) is 11.7. The zero-order valence-electron chi connectivity index (χ0n) is 16.3. The predicted octanol–water partition coefficient (Wildman–Crippen LogP) is -4.06. The highest BCUT2D eigenvalue weighted by atomic mass is 16.8. The summed E-state index contributed by atoms with van der Waals surface area (Å²) in [5.41, 5.74) is -0.255. The normalized spacial score (nSPS) is 43.2. The van der Waals surface area contributed by atoms with Gasteiger partial charge in [-0.05, 0) is 0 Å². The number of carbonyl (C=O) groups is 1. The minimum absolute atomic E-state index is 0.0818. The van der Waals surface area contributed by atoms with Crippen molar-refractivity contribution in [2.75, 3.05) is 19.8 Å². The van der Waals surface area contributed by atoms with E-state index in [2.05, 4.69) is 0 Å². The van der Waals surface area contributed by atoms with Gasteiger partial charge in [0.15, 0.2) is 6.29 Å². The predicted molar refractivity (Wildman–Crippen MR) is 98.4 cm³/mol. The Morgan fingerprint density at radius 2 is 1.48 bits per heavy atom. The first-order valence-corrected chi connectivity index (χ1v) is 9.54. The van der Waals surface area contributed by atoms with Crippen molar-refractivity contribution < 1.29 is 59.9 Å². The van der Waals surface area contributed by atoms with E-state index in [0.29, 0.717) is 6.29 Å². The summed E-state index contributed by atoms with van der Waals surface area (Å²) < 4.78 is 16.8. The van der Waals surface area contributed by atoms with Crippen LogP contribution in [0.2, 0.25) is 0 Å². The fourth-order valence-corrected chi connectivity index (χ4v) is 3.93. The van der Waals surface area contributed by atoms with Gasteiger partial charge in [0.25, 0.3) is 0 Å². The molecule has 0 radical (unpaired) electrons. The van der Waals surface area contributed by atoms with Gasteiger partial charge in [-0.15, -0.1) is 0 Å². The van der Waals surface area contributed by atoms with Crippen LogP contribution in [0.3, 0.4) is 0 Å². The van der Waals surface area contributed by atoms with Crippen LogP contribution in [0.15, 0.2) is 24.3 Å². The second kappa shape index (κ2) is 9.13. The van der Waals surface area contributed by atoms with Gasteiger partial charge in [0.2, 0.25) is 11.6 Å². The quantitative estimate of drug-likeness (QED) is 0.188. The number of ether oxygens (including phenoxy) is 3. The maximum absolute atomic E-state index is 11.7. The van der Waals surface area contributed by atoms with Gasteiger partial charge in [-0.1, -0.05) is 24.3 Å². The van der Waals surface area contributed by atoms with Crippen molar-refractivity contribution in [1.29, 1.82) is 0 Å². The molecule has 3 rings (SSSR count). The molecule has 0 spiro atoms. The Hall–Kier alpha value is -1.55. The largest absolute Gasteiger partial charge is 0.394 e. The molecule has 1 aromatic rings. The molecule has 2 fully saturated rings. The van der Waals surface area contributed by atoms with Gasteiger partial charge in [-0.2, -0.15) is 0 Å². The standard InChI is InChI=1S/C19H26O12/c20-5-9-3-1-2-4-10(9)19(17(28)15(26)13(24)11(6-21)30-19)31-18(8-23)16(27)14(25)12(7-22)29-18/h1-5,11-17,21-28H,6-8H2/t11-,12-,13-,14-,15+,16+,17-,18?,19+/m1/s1. The Labute approximate surface area is 176 Å². The molecular formula is C19H26O12. The van der Waals surface area contributed by atoms with Crippen LogP contribution in [0.5, 0.6) is 0 Å². The lowest BCUT2D eigenvalue weighted by Gasteiger charge is -2.51. The first-order valence-electron chi connectivity index (χ1n) is 9.54. The fourth-order valence-electron chi connectivity index (χ4n) is 3.93. The molecule has 0 amide bonds. The smallest absolute Gasteiger partial charge is 0.228 e. The summed E-state index contributed by atoms with van der Waals surface area (Å²) in [5.74, 6) is -5.04. The lowest BCUT2D eigenvalue weighted by Crippen LogP contribution is -2.68. The summed E-state index contributed by atoms with van der Waals surface area (Å²) in [6.07, 6.45) is -12.0. The van der Waals surface area contributed by atoms with E-state index in [1.807, 2.05) is 0 Å². The van der Waals surface area contributed by atoms with Crippen molar-refractivity contribution in [1.82, 2.24) is 0 Å². The van der Waals surface area contributed by atoms with Gasteiger partial charge in [-0.3, -0.25) is 4.79 Å². The second-order valence-corrected chi connectivity index (χ2v) is 7.48. The number of aldehydes is 1. The SMILES string of the molecule is O=Cc1ccccc1[C@@]1(OC2(CO)O[C@H](CO)[C@@H](O)[C@@H]2O)O[C@H](CO)[C@@H](O)[C@H](O)[C@H]1O. The van der Waals surface area contributed by atoms with E-state index in [-0.39, 0.29) is 11.1 Å². The van der Waals surface area contributed by atoms with Gasteiger partial charge >= 0.3 is 0 Å². The molecule has 174 valence electrons. The summed E-state index contributed by atoms with van der Waals surface area (Å²) in [6.45, 7) is -2.70. The molecule has 1 aromatic carbocycles. The molecule has 12 nitrogen and oxygen atoms in total. The third-order valence-corrected chi connectivity index (χ3v) is 5.64. The molecule has 0 saturated carbocycles. The van der Waals surface area contributed by atoms with Crippen LogP contribution >= 0.6 is 0 Å². The van der Waals surface area contributed by atoms with Crippen LogP contribution < -0.4 is 0 Å². The van der Waals surface area contributed by atoms with Crippen LogP contribution in [0, 0.1) is 0 Å². The van der Waals surface area contributed by atoms with Crippen molar-refractivity contribution >= 4 is 6.29 Å². The van der Waals surface area contributed by atoms with E-state index >= 15 is 0 Å². The molecule has 0 aliphatic carbocycles. The Morgan fingerprint density at radius 3 is 2.03 bits per heavy atom. The molecule has 2 heterocycles. The maximum atomic E-state index is 11.7. The molecular weight excluding hydrogens is 420 g/mol. The fraction of sp³-hybridized carbons (Fsp3) is 0.632. The number of rotatable bonds is 7. The molecule has 9 atom stereocenters. The van der Waals surface area contributed by atoms with Crippen molar-refractivity contribution in [2.24, 2.45) is 0 Å². The molecule has 31 heavy (non-hydrogen) atoms. The Kier molecular flexibility index (Phi) is 7.10. The first-order chi connectivity index (χ1) is 14.7. The first kappa shape index (κ1) is 24.1. The number of carbonyl (C=O) groups excluding carboxylic acids is 1. The van der Waals surface area contributed by atoms with Gasteiger partial charge in [0.05, 0.1) is 13.2 Å². The number of hydrogen-bond donors (Lipinski definition) is 8. The van der Waals surface area contributed by atoms with Crippen molar-refractivity contribution in [3.8, 4) is 0 Å². The van der Waals surface area contributed by atoms with E-state index in [1.54, 1.807) is 0 Å². The summed E-state index contributed by atoms with van der Waals surface area (Å²) in [7, 11) is 0. The van der Waals surface area contributed by atoms with Crippen LogP contribution in [-0.2, 0) is 20.0 Å². The average Bonchev–Trinajstić information content (AvgIpc) is 3.04. The van der Waals surface area contributed by atoms with Crippen LogP contribution in [0.4, 0.5) is 0 Å². The maximum Gasteiger partial charge on any atom is 0.228 e. The van der Waals surface area contributed by atoms with Crippen LogP contribution in [-0.4, -0.2) is 115 Å². The second-order valence-electron chi connectivity index (χ2n) is 7.48. The highest BCUT2D eigenvalue weighted by Crippen LogP contribution is 2.46. The van der Waals surface area contributed by atoms with Crippen molar-refractivity contribution in [2.45, 2.75) is 54.3 Å². The van der Waals surface area contributed by atoms with E-state index < -0.39 is 74.1 Å². The third-order valence-electron chi connectivity index (χ3n) is 5.64. The molecule has 0 bridgehead atoms. The molecule has 0 aromatic heterocycles. The zero-order valence-corrected chi connectivity index (χ0v) is 16.3. The van der Waals surface area contributed by atoms with E-state index in [1.165, 1.54) is 24.3 Å². The Balaban J connectivity index is 2.19. The monoisotopic (exact) mass is 446 g/mol.